The third kappa shape index (κ3) is 6.45. The summed E-state index contributed by atoms with van der Waals surface area (Å²) in [5, 5.41) is 2.92. The van der Waals surface area contributed by atoms with E-state index in [4.69, 9.17) is 10.5 Å². The molecule has 1 aromatic carbocycles. The Morgan fingerprint density at radius 1 is 1.58 bits per heavy atom. The second-order valence-electron chi connectivity index (χ2n) is 4.42. The molecule has 1 aromatic rings. The molecule has 0 aliphatic heterocycles. The van der Waals surface area contributed by atoms with E-state index in [0.717, 1.165) is 5.57 Å². The highest BCUT2D eigenvalue weighted by Gasteiger charge is 2.04. The first-order valence-corrected chi connectivity index (χ1v) is 6.07. The van der Waals surface area contributed by atoms with Gasteiger partial charge in [0, 0.05) is 12.6 Å². The van der Waals surface area contributed by atoms with E-state index in [0.29, 0.717) is 24.8 Å². The van der Waals surface area contributed by atoms with Crippen molar-refractivity contribution in [3.8, 4) is 5.75 Å². The van der Waals surface area contributed by atoms with Crippen LogP contribution in [-0.2, 0) is 0 Å². The van der Waals surface area contributed by atoms with Gasteiger partial charge in [-0.05, 0) is 26.0 Å². The quantitative estimate of drug-likeness (QED) is 0.470. The summed E-state index contributed by atoms with van der Waals surface area (Å²) in [6.07, 6.45) is -0.188. The van der Waals surface area contributed by atoms with Crippen LogP contribution in [0.1, 0.15) is 13.8 Å². The topological polar surface area (TPSA) is 59.6 Å². The van der Waals surface area contributed by atoms with Gasteiger partial charge in [0.05, 0.1) is 6.54 Å². The van der Waals surface area contributed by atoms with Crippen molar-refractivity contribution >= 4 is 5.96 Å². The minimum absolute atomic E-state index is 0.188. The summed E-state index contributed by atoms with van der Waals surface area (Å²) in [7, 11) is 0. The van der Waals surface area contributed by atoms with Gasteiger partial charge in [-0.15, -0.1) is 0 Å². The van der Waals surface area contributed by atoms with Gasteiger partial charge in [0.15, 0.2) is 5.96 Å². The number of halogens is 1. The number of nitrogens with one attached hydrogen (secondary N) is 1. The smallest absolute Gasteiger partial charge is 0.188 e. The van der Waals surface area contributed by atoms with Crippen LogP contribution in [0.3, 0.4) is 0 Å². The van der Waals surface area contributed by atoms with Gasteiger partial charge in [-0.25, -0.2) is 9.38 Å². The van der Waals surface area contributed by atoms with Crippen LogP contribution in [0, 0.1) is 5.82 Å². The number of nitrogens with two attached hydrogens (primary N) is 1. The van der Waals surface area contributed by atoms with Crippen LogP contribution < -0.4 is 15.8 Å². The van der Waals surface area contributed by atoms with Gasteiger partial charge in [-0.3, -0.25) is 0 Å². The number of rotatable bonds is 6. The van der Waals surface area contributed by atoms with Crippen molar-refractivity contribution in [2.75, 3.05) is 13.1 Å². The van der Waals surface area contributed by atoms with Gasteiger partial charge in [0.25, 0.3) is 0 Å². The maximum atomic E-state index is 13.0. The third-order valence-corrected chi connectivity index (χ3v) is 2.22. The second kappa shape index (κ2) is 7.41. The number of hydrogen-bond donors (Lipinski definition) is 2. The molecule has 0 saturated carbocycles. The Labute approximate surface area is 113 Å². The molecule has 0 aliphatic carbocycles. The van der Waals surface area contributed by atoms with Crippen LogP contribution >= 0.6 is 0 Å². The Balaban J connectivity index is 2.40. The summed E-state index contributed by atoms with van der Waals surface area (Å²) >= 11 is 0. The summed E-state index contributed by atoms with van der Waals surface area (Å²) < 4.78 is 18.5. The van der Waals surface area contributed by atoms with E-state index in [1.807, 2.05) is 13.8 Å². The zero-order valence-electron chi connectivity index (χ0n) is 11.3. The number of aliphatic imine (C=N–C) groups is 1. The first-order chi connectivity index (χ1) is 8.97. The fourth-order valence-corrected chi connectivity index (χ4v) is 1.33. The highest BCUT2D eigenvalue weighted by molar-refractivity contribution is 5.78. The molecule has 4 nitrogen and oxygen atoms in total. The molecule has 3 N–H and O–H groups in total. The number of benzene rings is 1. The average Bonchev–Trinajstić information content (AvgIpc) is 2.34. The highest BCUT2D eigenvalue weighted by Crippen LogP contribution is 2.13. The molecule has 0 amide bonds. The first-order valence-electron chi connectivity index (χ1n) is 6.07. The predicted octanol–water partition coefficient (Wildman–Crippen LogP) is 2.07. The molecule has 0 aliphatic rings. The van der Waals surface area contributed by atoms with E-state index in [9.17, 15) is 4.39 Å². The Morgan fingerprint density at radius 2 is 2.32 bits per heavy atom. The summed E-state index contributed by atoms with van der Waals surface area (Å²) in [5.41, 5.74) is 6.64. The van der Waals surface area contributed by atoms with E-state index in [1.165, 1.54) is 12.1 Å². The summed E-state index contributed by atoms with van der Waals surface area (Å²) in [4.78, 5) is 4.14. The largest absolute Gasteiger partial charge is 0.489 e. The second-order valence-corrected chi connectivity index (χ2v) is 4.42. The number of hydrogen-bond acceptors (Lipinski definition) is 2. The standard InChI is InChI=1S/C14H20FN3O/c1-10(2)8-17-14(16)18-9-11(3)19-13-6-4-5-12(15)7-13/h4-7,11H,1,8-9H2,2-3H3,(H3,16,17,18). The van der Waals surface area contributed by atoms with E-state index in [2.05, 4.69) is 16.9 Å². The third-order valence-electron chi connectivity index (χ3n) is 2.22. The molecule has 0 fully saturated rings. The molecule has 0 saturated heterocycles. The monoisotopic (exact) mass is 265 g/mol. The number of ether oxygens (including phenoxy) is 1. The maximum absolute atomic E-state index is 13.0. The minimum Gasteiger partial charge on any atom is -0.489 e. The van der Waals surface area contributed by atoms with Crippen LogP contribution in [-0.4, -0.2) is 25.2 Å². The lowest BCUT2D eigenvalue weighted by atomic mass is 10.3. The van der Waals surface area contributed by atoms with Crippen LogP contribution in [0.2, 0.25) is 0 Å². The van der Waals surface area contributed by atoms with Crippen molar-refractivity contribution in [3.63, 3.8) is 0 Å². The lowest BCUT2D eigenvalue weighted by Gasteiger charge is -2.13. The van der Waals surface area contributed by atoms with Gasteiger partial charge in [0.1, 0.15) is 17.7 Å². The molecule has 0 aromatic heterocycles. The van der Waals surface area contributed by atoms with Gasteiger partial charge in [-0.2, -0.15) is 0 Å². The molecule has 0 spiro atoms. The normalized spacial score (nSPS) is 12.9. The molecule has 0 radical (unpaired) electrons. The summed E-state index contributed by atoms with van der Waals surface area (Å²) in [6.45, 7) is 8.49. The molecule has 0 heterocycles. The molecule has 1 rings (SSSR count). The van der Waals surface area contributed by atoms with Gasteiger partial charge in [-0.1, -0.05) is 18.2 Å². The predicted molar refractivity (Wildman–Crippen MR) is 75.8 cm³/mol. The van der Waals surface area contributed by atoms with Crippen molar-refractivity contribution in [1.82, 2.24) is 5.32 Å². The molecular weight excluding hydrogens is 245 g/mol. The zero-order valence-corrected chi connectivity index (χ0v) is 11.3. The lowest BCUT2D eigenvalue weighted by Crippen LogP contribution is -2.33. The molecule has 5 heteroatoms. The van der Waals surface area contributed by atoms with E-state index in [1.54, 1.807) is 12.1 Å². The fraction of sp³-hybridized carbons (Fsp3) is 0.357. The number of guanidine groups is 1. The fourth-order valence-electron chi connectivity index (χ4n) is 1.33. The van der Waals surface area contributed by atoms with Crippen LogP contribution in [0.4, 0.5) is 4.39 Å². The lowest BCUT2D eigenvalue weighted by molar-refractivity contribution is 0.229. The first kappa shape index (κ1) is 15.0. The van der Waals surface area contributed by atoms with Crippen molar-refractivity contribution in [2.45, 2.75) is 20.0 Å². The van der Waals surface area contributed by atoms with Crippen LogP contribution in [0.25, 0.3) is 0 Å². The Kier molecular flexibility index (Phi) is 5.85. The van der Waals surface area contributed by atoms with E-state index in [-0.39, 0.29) is 11.9 Å². The van der Waals surface area contributed by atoms with Gasteiger partial charge >= 0.3 is 0 Å². The zero-order chi connectivity index (χ0) is 14.3. The van der Waals surface area contributed by atoms with Crippen molar-refractivity contribution in [2.24, 2.45) is 10.7 Å². The molecule has 104 valence electrons. The Morgan fingerprint density at radius 3 is 2.95 bits per heavy atom. The van der Waals surface area contributed by atoms with Gasteiger partial charge < -0.3 is 15.8 Å². The average molecular weight is 265 g/mol. The summed E-state index contributed by atoms with van der Waals surface area (Å²) in [6, 6.07) is 6.01. The van der Waals surface area contributed by atoms with Crippen LogP contribution in [0.15, 0.2) is 41.4 Å². The Bertz CT molecular complexity index is 460. The van der Waals surface area contributed by atoms with E-state index >= 15 is 0 Å². The van der Waals surface area contributed by atoms with Crippen molar-refractivity contribution < 1.29 is 9.13 Å². The van der Waals surface area contributed by atoms with Gasteiger partial charge in [0.2, 0.25) is 0 Å². The van der Waals surface area contributed by atoms with Crippen LogP contribution in [0.5, 0.6) is 5.75 Å². The SMILES string of the molecule is C=C(C)CNC(N)=NCC(C)Oc1cccc(F)c1. The number of nitrogens with zero attached hydrogens (tertiary/aromatic N) is 1. The molecule has 19 heavy (non-hydrogen) atoms. The van der Waals surface area contributed by atoms with Crippen molar-refractivity contribution in [1.29, 1.82) is 0 Å². The molecule has 1 unspecified atom stereocenters. The van der Waals surface area contributed by atoms with Crippen molar-refractivity contribution in [3.05, 3.63) is 42.2 Å². The molecule has 0 bridgehead atoms. The van der Waals surface area contributed by atoms with E-state index < -0.39 is 0 Å². The maximum Gasteiger partial charge on any atom is 0.188 e. The minimum atomic E-state index is -0.323. The molecular formula is C14H20FN3O. The highest BCUT2D eigenvalue weighted by atomic mass is 19.1. The Hall–Kier alpha value is -2.04. The summed E-state index contributed by atoms with van der Waals surface area (Å²) in [5.74, 6) is 0.504. The molecule has 1 atom stereocenters.